The third-order valence-electron chi connectivity index (χ3n) is 3.66. The van der Waals surface area contributed by atoms with Gasteiger partial charge in [-0.3, -0.25) is 9.59 Å². The molecule has 0 saturated carbocycles. The molecule has 0 bridgehead atoms. The monoisotopic (exact) mass is 416 g/mol. The maximum atomic E-state index is 12.9. The highest BCUT2D eigenvalue weighted by Crippen LogP contribution is 2.28. The number of ether oxygens (including phenoxy) is 3. The Labute approximate surface area is 172 Å². The van der Waals surface area contributed by atoms with Gasteiger partial charge in [-0.2, -0.15) is 0 Å². The first-order chi connectivity index (χ1) is 14.4. The van der Waals surface area contributed by atoms with Gasteiger partial charge >= 0.3 is 5.97 Å². The lowest BCUT2D eigenvalue weighted by Gasteiger charge is -2.12. The van der Waals surface area contributed by atoms with Crippen LogP contribution in [-0.2, 0) is 14.3 Å². The Kier molecular flexibility index (Phi) is 8.37. The molecule has 0 unspecified atom stereocenters. The highest BCUT2D eigenvalue weighted by atomic mass is 19.1. The maximum Gasteiger partial charge on any atom is 0.338 e. The molecule has 0 heterocycles. The first kappa shape index (κ1) is 22.4. The van der Waals surface area contributed by atoms with Crippen LogP contribution in [0.25, 0.3) is 0 Å². The summed E-state index contributed by atoms with van der Waals surface area (Å²) in [5.41, 5.74) is 0.568. The summed E-state index contributed by atoms with van der Waals surface area (Å²) in [7, 11) is 1.37. The lowest BCUT2D eigenvalue weighted by atomic mass is 10.2. The van der Waals surface area contributed by atoms with Crippen molar-refractivity contribution in [1.29, 1.82) is 0 Å². The van der Waals surface area contributed by atoms with E-state index in [0.717, 1.165) is 0 Å². The number of amides is 2. The van der Waals surface area contributed by atoms with Gasteiger partial charge < -0.3 is 24.8 Å². The fraction of sp³-hybridized carbons (Fsp3) is 0.190. The molecule has 2 aromatic rings. The zero-order valence-electron chi connectivity index (χ0n) is 16.3. The van der Waals surface area contributed by atoms with Gasteiger partial charge in [0.2, 0.25) is 0 Å². The topological polar surface area (TPSA) is 103 Å². The van der Waals surface area contributed by atoms with Crippen molar-refractivity contribution in [2.24, 2.45) is 0 Å². The molecule has 0 fully saturated rings. The second-order valence-electron chi connectivity index (χ2n) is 5.88. The summed E-state index contributed by atoms with van der Waals surface area (Å²) in [6.07, 6.45) is 1.50. The summed E-state index contributed by atoms with van der Waals surface area (Å²) in [6, 6.07) is 9.52. The molecular formula is C21H21FN2O6. The minimum absolute atomic E-state index is 0.145. The highest BCUT2D eigenvalue weighted by Gasteiger charge is 2.15. The predicted octanol–water partition coefficient (Wildman–Crippen LogP) is 2.31. The number of nitrogens with one attached hydrogen (secondary N) is 2. The molecule has 158 valence electrons. The Balaban J connectivity index is 1.92. The molecule has 2 aromatic carbocycles. The van der Waals surface area contributed by atoms with E-state index in [9.17, 15) is 18.8 Å². The zero-order chi connectivity index (χ0) is 21.9. The first-order valence-electron chi connectivity index (χ1n) is 8.84. The van der Waals surface area contributed by atoms with Crippen molar-refractivity contribution >= 4 is 23.5 Å². The van der Waals surface area contributed by atoms with Crippen LogP contribution < -0.4 is 20.1 Å². The second-order valence-corrected chi connectivity index (χ2v) is 5.88. The number of carbonyl (C=O) groups excluding carboxylic acids is 3. The number of esters is 1. The smallest absolute Gasteiger partial charge is 0.338 e. The lowest BCUT2D eigenvalue weighted by molar-refractivity contribution is -0.124. The molecule has 0 aliphatic heterocycles. The minimum atomic E-state index is -0.720. The van der Waals surface area contributed by atoms with Crippen molar-refractivity contribution in [3.8, 4) is 11.5 Å². The van der Waals surface area contributed by atoms with Gasteiger partial charge in [-0.05, 0) is 42.5 Å². The van der Waals surface area contributed by atoms with E-state index in [-0.39, 0.29) is 30.2 Å². The Morgan fingerprint density at radius 2 is 1.77 bits per heavy atom. The molecule has 0 aromatic heterocycles. The molecule has 0 aliphatic carbocycles. The third kappa shape index (κ3) is 6.93. The molecular weight excluding hydrogens is 395 g/mol. The number of carbonyl (C=O) groups is 3. The van der Waals surface area contributed by atoms with Crippen LogP contribution in [0.4, 0.5) is 10.1 Å². The van der Waals surface area contributed by atoms with Crippen molar-refractivity contribution in [3.63, 3.8) is 0 Å². The van der Waals surface area contributed by atoms with E-state index >= 15 is 0 Å². The average Bonchev–Trinajstić information content (AvgIpc) is 2.76. The largest absolute Gasteiger partial charge is 0.493 e. The van der Waals surface area contributed by atoms with Gasteiger partial charge in [0.1, 0.15) is 5.82 Å². The van der Waals surface area contributed by atoms with E-state index in [2.05, 4.69) is 17.2 Å². The SMILES string of the molecule is C=CCNC(=O)COC(=O)c1ccc(OCC(=O)Nc2ccc(F)cc2)c(OC)c1. The van der Waals surface area contributed by atoms with Crippen molar-refractivity contribution < 1.29 is 33.0 Å². The summed E-state index contributed by atoms with van der Waals surface area (Å²) >= 11 is 0. The fourth-order valence-corrected chi connectivity index (χ4v) is 2.24. The number of anilines is 1. The van der Waals surface area contributed by atoms with Crippen LogP contribution in [0.1, 0.15) is 10.4 Å². The first-order valence-corrected chi connectivity index (χ1v) is 8.84. The molecule has 0 saturated heterocycles. The van der Waals surface area contributed by atoms with Crippen LogP contribution in [0.5, 0.6) is 11.5 Å². The number of hydrogen-bond donors (Lipinski definition) is 2. The molecule has 30 heavy (non-hydrogen) atoms. The summed E-state index contributed by atoms with van der Waals surface area (Å²) in [5, 5.41) is 5.04. The lowest BCUT2D eigenvalue weighted by Crippen LogP contribution is -2.28. The van der Waals surface area contributed by atoms with E-state index in [1.54, 1.807) is 0 Å². The second kappa shape index (κ2) is 11.2. The van der Waals surface area contributed by atoms with Gasteiger partial charge in [-0.15, -0.1) is 6.58 Å². The summed E-state index contributed by atoms with van der Waals surface area (Å²) in [5.74, 6) is -1.62. The van der Waals surface area contributed by atoms with E-state index in [1.165, 1.54) is 55.7 Å². The molecule has 0 aliphatic rings. The number of rotatable bonds is 10. The van der Waals surface area contributed by atoms with Gasteiger partial charge in [0.25, 0.3) is 11.8 Å². The van der Waals surface area contributed by atoms with E-state index < -0.39 is 30.2 Å². The quantitative estimate of drug-likeness (QED) is 0.455. The normalized spacial score (nSPS) is 9.93. The van der Waals surface area contributed by atoms with Gasteiger partial charge in [0.05, 0.1) is 12.7 Å². The Morgan fingerprint density at radius 3 is 2.43 bits per heavy atom. The van der Waals surface area contributed by atoms with Crippen LogP contribution in [0, 0.1) is 5.82 Å². The molecule has 9 heteroatoms. The van der Waals surface area contributed by atoms with Crippen LogP contribution in [0.15, 0.2) is 55.1 Å². The Hall–Kier alpha value is -3.88. The minimum Gasteiger partial charge on any atom is -0.493 e. The molecule has 2 N–H and O–H groups in total. The van der Waals surface area contributed by atoms with Gasteiger partial charge in [0.15, 0.2) is 24.7 Å². The number of methoxy groups -OCH3 is 1. The van der Waals surface area contributed by atoms with E-state index in [4.69, 9.17) is 14.2 Å². The molecule has 2 amide bonds. The van der Waals surface area contributed by atoms with E-state index in [1.807, 2.05) is 0 Å². The summed E-state index contributed by atoms with van der Waals surface area (Å²) in [4.78, 5) is 35.5. The van der Waals surface area contributed by atoms with Crippen molar-refractivity contribution in [3.05, 3.63) is 66.5 Å². The number of hydrogen-bond acceptors (Lipinski definition) is 6. The standard InChI is InChI=1S/C21H21FN2O6/c1-3-10-23-19(25)12-30-21(27)14-4-9-17(18(11-14)28-2)29-13-20(26)24-16-7-5-15(22)6-8-16/h3-9,11H,1,10,12-13H2,2H3,(H,23,25)(H,24,26). The highest BCUT2D eigenvalue weighted by molar-refractivity contribution is 5.93. The summed E-state index contributed by atoms with van der Waals surface area (Å²) < 4.78 is 28.4. The molecule has 8 nitrogen and oxygen atoms in total. The molecule has 0 spiro atoms. The van der Waals surface area contributed by atoms with Crippen LogP contribution >= 0.6 is 0 Å². The van der Waals surface area contributed by atoms with Crippen LogP contribution in [-0.4, -0.2) is 44.7 Å². The molecule has 0 atom stereocenters. The molecule has 0 radical (unpaired) electrons. The van der Waals surface area contributed by atoms with Crippen molar-refractivity contribution in [1.82, 2.24) is 5.32 Å². The van der Waals surface area contributed by atoms with Crippen LogP contribution in [0.3, 0.4) is 0 Å². The Bertz CT molecular complexity index is 914. The van der Waals surface area contributed by atoms with Crippen LogP contribution in [0.2, 0.25) is 0 Å². The predicted molar refractivity (Wildman–Crippen MR) is 107 cm³/mol. The average molecular weight is 416 g/mol. The molecule has 2 rings (SSSR count). The zero-order valence-corrected chi connectivity index (χ0v) is 16.3. The van der Waals surface area contributed by atoms with Gasteiger partial charge in [0, 0.05) is 12.2 Å². The van der Waals surface area contributed by atoms with E-state index in [0.29, 0.717) is 5.69 Å². The number of halogens is 1. The fourth-order valence-electron chi connectivity index (χ4n) is 2.24. The van der Waals surface area contributed by atoms with Gasteiger partial charge in [-0.25, -0.2) is 9.18 Å². The third-order valence-corrected chi connectivity index (χ3v) is 3.66. The van der Waals surface area contributed by atoms with Gasteiger partial charge in [-0.1, -0.05) is 6.08 Å². The number of benzene rings is 2. The summed E-state index contributed by atoms with van der Waals surface area (Å²) in [6.45, 7) is 2.97. The maximum absolute atomic E-state index is 12.9. The van der Waals surface area contributed by atoms with Crippen molar-refractivity contribution in [2.45, 2.75) is 0 Å². The Morgan fingerprint density at radius 1 is 1.03 bits per heavy atom. The van der Waals surface area contributed by atoms with Crippen molar-refractivity contribution in [2.75, 3.05) is 32.2 Å².